The summed E-state index contributed by atoms with van der Waals surface area (Å²) in [6.07, 6.45) is 3.30. The fourth-order valence-electron chi connectivity index (χ4n) is 6.30. The van der Waals surface area contributed by atoms with Crippen LogP contribution in [0.5, 0.6) is 0 Å². The quantitative estimate of drug-likeness (QED) is 0.310. The molecule has 8 atom stereocenters. The molecule has 0 aromatic heterocycles. The van der Waals surface area contributed by atoms with Gasteiger partial charge in [0, 0.05) is 24.8 Å². The molecule has 2 bridgehead atoms. The molecule has 6 rings (SSSR count). The molecule has 0 radical (unpaired) electrons. The molecule has 11 heteroatoms. The lowest BCUT2D eigenvalue weighted by Gasteiger charge is -2.60. The molecule has 1 aromatic carbocycles. The van der Waals surface area contributed by atoms with Crippen molar-refractivity contribution in [2.45, 2.75) is 81.7 Å². The molecule has 1 saturated carbocycles. The number of rotatable bonds is 7. The number of hydrogen-bond acceptors (Lipinski definition) is 8. The molecule has 1 unspecified atom stereocenters. The summed E-state index contributed by atoms with van der Waals surface area (Å²) in [6.45, 7) is 6.86. The van der Waals surface area contributed by atoms with Gasteiger partial charge in [-0.15, -0.1) is 0 Å². The van der Waals surface area contributed by atoms with Gasteiger partial charge in [0.2, 0.25) is 15.8 Å². The summed E-state index contributed by atoms with van der Waals surface area (Å²) in [7, 11) is -3.69. The molecule has 3 N–H and O–H groups in total. The van der Waals surface area contributed by atoms with E-state index in [-0.39, 0.29) is 28.3 Å². The van der Waals surface area contributed by atoms with Gasteiger partial charge in [-0.3, -0.25) is 0 Å². The van der Waals surface area contributed by atoms with Crippen LogP contribution in [0.2, 0.25) is 5.02 Å². The number of hydrogen-bond donors (Lipinski definition) is 2. The molecule has 35 heavy (non-hydrogen) atoms. The van der Waals surface area contributed by atoms with Gasteiger partial charge in [-0.2, -0.15) is 0 Å². The van der Waals surface area contributed by atoms with Crippen molar-refractivity contribution in [1.82, 2.24) is 4.72 Å². The Balaban J connectivity index is 1.20. The van der Waals surface area contributed by atoms with Crippen LogP contribution in [0.4, 0.5) is 5.69 Å². The van der Waals surface area contributed by atoms with E-state index in [0.29, 0.717) is 30.6 Å². The van der Waals surface area contributed by atoms with E-state index in [4.69, 9.17) is 41.3 Å². The van der Waals surface area contributed by atoms with Gasteiger partial charge in [-0.05, 0) is 62.6 Å². The van der Waals surface area contributed by atoms with Crippen molar-refractivity contribution in [3.05, 3.63) is 23.2 Å². The molecule has 196 valence electrons. The monoisotopic (exact) mass is 530 g/mol. The van der Waals surface area contributed by atoms with Crippen molar-refractivity contribution in [1.29, 1.82) is 0 Å². The number of sulfonamides is 1. The maximum Gasteiger partial charge on any atom is 0.240 e. The number of nitrogens with one attached hydrogen (secondary N) is 1. The molecule has 4 aliphatic heterocycles. The lowest BCUT2D eigenvalue weighted by atomic mass is 9.58. The van der Waals surface area contributed by atoms with Crippen LogP contribution in [-0.2, 0) is 34.0 Å². The van der Waals surface area contributed by atoms with Gasteiger partial charge in [0.1, 0.15) is 0 Å². The van der Waals surface area contributed by atoms with Crippen LogP contribution in [-0.4, -0.2) is 45.5 Å². The summed E-state index contributed by atoms with van der Waals surface area (Å²) in [5.41, 5.74) is 5.38. The van der Waals surface area contributed by atoms with E-state index < -0.39 is 34.0 Å². The number of fused-ring (bicyclic) bond motifs is 2. The van der Waals surface area contributed by atoms with Crippen LogP contribution >= 0.6 is 11.6 Å². The Morgan fingerprint density at radius 2 is 2.00 bits per heavy atom. The third-order valence-corrected chi connectivity index (χ3v) is 10.1. The van der Waals surface area contributed by atoms with Crippen LogP contribution in [0, 0.1) is 23.7 Å². The Morgan fingerprint density at radius 1 is 1.20 bits per heavy atom. The smallest absolute Gasteiger partial charge is 0.240 e. The highest BCUT2D eigenvalue weighted by Gasteiger charge is 2.69. The minimum Gasteiger partial charge on any atom is -0.398 e. The highest BCUT2D eigenvalue weighted by atomic mass is 35.5. The summed E-state index contributed by atoms with van der Waals surface area (Å²) in [6, 6.07) is 4.25. The lowest BCUT2D eigenvalue weighted by Crippen LogP contribution is -2.70. The van der Waals surface area contributed by atoms with E-state index in [1.807, 2.05) is 6.92 Å². The second-order valence-electron chi connectivity index (χ2n) is 10.6. The van der Waals surface area contributed by atoms with Crippen LogP contribution in [0.3, 0.4) is 0 Å². The first-order chi connectivity index (χ1) is 16.6. The Hall–Kier alpha value is -0.980. The zero-order valence-electron chi connectivity index (χ0n) is 20.4. The van der Waals surface area contributed by atoms with Crippen LogP contribution < -0.4 is 10.5 Å². The van der Waals surface area contributed by atoms with Crippen molar-refractivity contribution in [3.8, 4) is 0 Å². The molecule has 9 nitrogen and oxygen atoms in total. The van der Waals surface area contributed by atoms with Crippen molar-refractivity contribution >= 4 is 27.3 Å². The topological polar surface area (TPSA) is 118 Å². The van der Waals surface area contributed by atoms with Gasteiger partial charge in [-0.25, -0.2) is 22.9 Å². The number of nitrogens with two attached hydrogens (primary N) is 1. The third-order valence-electron chi connectivity index (χ3n) is 8.27. The molecular formula is C24H35ClN2O7S. The van der Waals surface area contributed by atoms with Crippen molar-refractivity contribution < 1.29 is 32.4 Å². The normalized spacial score (nSPS) is 40.8. The molecule has 4 heterocycles. The summed E-state index contributed by atoms with van der Waals surface area (Å²) in [5.74, 6) is 0.230. The average molecular weight is 531 g/mol. The number of nitrogen functional groups attached to an aromatic ring is 1. The molecular weight excluding hydrogens is 496 g/mol. The van der Waals surface area contributed by atoms with Crippen molar-refractivity contribution in [3.63, 3.8) is 0 Å². The molecule has 1 aliphatic carbocycles. The second-order valence-corrected chi connectivity index (χ2v) is 12.8. The van der Waals surface area contributed by atoms with Gasteiger partial charge in [0.05, 0.1) is 22.2 Å². The van der Waals surface area contributed by atoms with Gasteiger partial charge in [-0.1, -0.05) is 25.4 Å². The molecule has 0 amide bonds. The summed E-state index contributed by atoms with van der Waals surface area (Å²) < 4.78 is 46.5. The minimum absolute atomic E-state index is 0.0736. The number of anilines is 1. The molecule has 1 spiro atoms. The van der Waals surface area contributed by atoms with E-state index in [9.17, 15) is 8.42 Å². The molecule has 4 saturated heterocycles. The van der Waals surface area contributed by atoms with Gasteiger partial charge in [0.25, 0.3) is 0 Å². The Labute approximate surface area is 211 Å². The van der Waals surface area contributed by atoms with E-state index in [2.05, 4.69) is 18.6 Å². The van der Waals surface area contributed by atoms with Gasteiger partial charge >= 0.3 is 0 Å². The number of ether oxygens (including phenoxy) is 3. The summed E-state index contributed by atoms with van der Waals surface area (Å²) in [4.78, 5) is 12.1. The van der Waals surface area contributed by atoms with Crippen LogP contribution in [0.15, 0.2) is 23.1 Å². The Bertz CT molecular complexity index is 1060. The second kappa shape index (κ2) is 9.40. The first-order valence-corrected chi connectivity index (χ1v) is 14.3. The van der Waals surface area contributed by atoms with E-state index in [0.717, 1.165) is 25.7 Å². The highest BCUT2D eigenvalue weighted by molar-refractivity contribution is 7.89. The number of benzene rings is 1. The summed E-state index contributed by atoms with van der Waals surface area (Å²) >= 11 is 5.96. The Kier molecular flexibility index (Phi) is 6.89. The standard InChI is InChI=1S/C24H35ClN2O7S/c1-14-5-7-18-15(2)21(31-22-24(18)17(14)9-10-23(3,32-22)33-34-24)30-12-4-11-27-35(28,29)16-6-8-20(26)19(25)13-16/h6,8,13-15,17-18,21-22,27H,4-5,7,9-12,26H2,1-3H3/t14-,15-,17?,18+,21+,22-,23-,24-/m1/s1. The molecule has 1 aromatic rings. The van der Waals surface area contributed by atoms with E-state index >= 15 is 0 Å². The third kappa shape index (κ3) is 4.50. The highest BCUT2D eigenvalue weighted by Crippen LogP contribution is 2.60. The minimum atomic E-state index is -3.69. The summed E-state index contributed by atoms with van der Waals surface area (Å²) in [5, 5.41) is 0.203. The maximum atomic E-state index is 12.5. The largest absolute Gasteiger partial charge is 0.398 e. The Morgan fingerprint density at radius 3 is 2.77 bits per heavy atom. The zero-order valence-corrected chi connectivity index (χ0v) is 21.9. The molecule has 5 fully saturated rings. The maximum absolute atomic E-state index is 12.5. The van der Waals surface area contributed by atoms with Crippen molar-refractivity contribution in [2.24, 2.45) is 23.7 Å². The predicted octanol–water partition coefficient (Wildman–Crippen LogP) is 3.82. The number of halogens is 1. The van der Waals surface area contributed by atoms with Crippen LogP contribution in [0.1, 0.15) is 52.9 Å². The SMILES string of the molecule is C[C@H]1[C@@H](OCCCNS(=O)(=O)c2ccc(N)c(Cl)c2)O[C@@H]2O[C@@]3(C)CCC4[C@H](C)CC[C@@H]1[C@]42OO3. The van der Waals surface area contributed by atoms with Crippen LogP contribution in [0.25, 0.3) is 0 Å². The average Bonchev–Trinajstić information content (AvgIpc) is 3.04. The van der Waals surface area contributed by atoms with Gasteiger partial charge in [0.15, 0.2) is 18.2 Å². The van der Waals surface area contributed by atoms with E-state index in [1.165, 1.54) is 18.2 Å². The fourth-order valence-corrected chi connectivity index (χ4v) is 7.64. The predicted molar refractivity (Wildman–Crippen MR) is 128 cm³/mol. The zero-order chi connectivity index (χ0) is 25.0. The first kappa shape index (κ1) is 25.7. The van der Waals surface area contributed by atoms with Gasteiger partial charge < -0.3 is 19.9 Å². The van der Waals surface area contributed by atoms with Crippen molar-refractivity contribution in [2.75, 3.05) is 18.9 Å². The fraction of sp³-hybridized carbons (Fsp3) is 0.750. The first-order valence-electron chi connectivity index (χ1n) is 12.4. The molecule has 5 aliphatic rings. The lowest BCUT2D eigenvalue weighted by molar-refractivity contribution is -0.577. The van der Waals surface area contributed by atoms with E-state index in [1.54, 1.807) is 0 Å².